The summed E-state index contributed by atoms with van der Waals surface area (Å²) in [7, 11) is 1.57. The number of carbonyl (C=O) groups is 2. The number of aromatic nitrogens is 3. The van der Waals surface area contributed by atoms with Crippen LogP contribution in [0.1, 0.15) is 58.9 Å². The maximum absolute atomic E-state index is 13.2. The quantitative estimate of drug-likeness (QED) is 0.651. The molecule has 0 aromatic carbocycles. The van der Waals surface area contributed by atoms with Crippen LogP contribution in [0.3, 0.4) is 0 Å². The van der Waals surface area contributed by atoms with Crippen LogP contribution < -0.4 is 15.4 Å². The van der Waals surface area contributed by atoms with Crippen LogP contribution in [0.25, 0.3) is 0 Å². The third-order valence-electron chi connectivity index (χ3n) is 5.76. The molecule has 0 radical (unpaired) electrons. The predicted molar refractivity (Wildman–Crippen MR) is 125 cm³/mol. The molecule has 0 bridgehead atoms. The van der Waals surface area contributed by atoms with Crippen molar-refractivity contribution in [3.05, 3.63) is 36.3 Å². The van der Waals surface area contributed by atoms with Gasteiger partial charge in [0.1, 0.15) is 11.6 Å². The molecule has 2 N–H and O–H groups in total. The van der Waals surface area contributed by atoms with Crippen molar-refractivity contribution in [2.75, 3.05) is 12.4 Å². The van der Waals surface area contributed by atoms with Crippen LogP contribution in [0.5, 0.6) is 5.88 Å². The van der Waals surface area contributed by atoms with Gasteiger partial charge in [0.05, 0.1) is 25.5 Å². The summed E-state index contributed by atoms with van der Waals surface area (Å²) in [6.07, 6.45) is 8.27. The molecule has 3 rings (SSSR count). The molecule has 1 atom stereocenters. The molecule has 9 heteroatoms. The van der Waals surface area contributed by atoms with Crippen molar-refractivity contribution in [3.63, 3.8) is 0 Å². The molecule has 180 valence electrons. The van der Waals surface area contributed by atoms with Crippen LogP contribution in [0.4, 0.5) is 10.5 Å². The van der Waals surface area contributed by atoms with E-state index in [9.17, 15) is 9.59 Å². The monoisotopic (exact) mass is 457 g/mol. The zero-order valence-corrected chi connectivity index (χ0v) is 20.1. The van der Waals surface area contributed by atoms with Crippen molar-refractivity contribution in [2.24, 2.45) is 11.8 Å². The molecule has 1 aliphatic rings. The second-order valence-corrected chi connectivity index (χ2v) is 9.73. The molecule has 9 nitrogen and oxygen atoms in total. The number of rotatable bonds is 7. The minimum Gasteiger partial charge on any atom is -0.481 e. The molecule has 0 spiro atoms. The van der Waals surface area contributed by atoms with Gasteiger partial charge in [-0.2, -0.15) is 5.10 Å². The molecule has 0 aliphatic heterocycles. The summed E-state index contributed by atoms with van der Waals surface area (Å²) < 4.78 is 12.4. The standard InChI is InChI=1S/C24H35N5O4/c1-16-8-10-17(11-9-16)20(28-23(31)33-24(2,3)4)21(30)27-19-13-26-29(15-19)14-18-7-6-12-25-22(18)32-5/h6-7,12-13,15-17,20H,8-11,14H2,1-5H3,(H,27,30)(H,28,31)/t16?,17?,20-/m0/s1. The Morgan fingerprint density at radius 1 is 1.24 bits per heavy atom. The van der Waals surface area contributed by atoms with Crippen molar-refractivity contribution in [2.45, 2.75) is 71.6 Å². The molecule has 33 heavy (non-hydrogen) atoms. The third-order valence-corrected chi connectivity index (χ3v) is 5.76. The summed E-state index contributed by atoms with van der Waals surface area (Å²) in [6, 6.07) is 3.08. The average molecular weight is 458 g/mol. The molecule has 0 saturated heterocycles. The van der Waals surface area contributed by atoms with Gasteiger partial charge in [0.15, 0.2) is 0 Å². The maximum atomic E-state index is 13.2. The summed E-state index contributed by atoms with van der Waals surface area (Å²) in [6.45, 7) is 8.08. The lowest BCUT2D eigenvalue weighted by Crippen LogP contribution is -2.50. The van der Waals surface area contributed by atoms with Crippen LogP contribution in [0.15, 0.2) is 30.7 Å². The maximum Gasteiger partial charge on any atom is 0.408 e. The van der Waals surface area contributed by atoms with Crippen LogP contribution in [-0.2, 0) is 16.1 Å². The van der Waals surface area contributed by atoms with Gasteiger partial charge in [-0.3, -0.25) is 9.48 Å². The lowest BCUT2D eigenvalue weighted by Gasteiger charge is -2.32. The molecule has 2 amide bonds. The van der Waals surface area contributed by atoms with Crippen molar-refractivity contribution in [1.82, 2.24) is 20.1 Å². The number of anilines is 1. The Kier molecular flexibility index (Phi) is 7.94. The molecule has 1 saturated carbocycles. The third kappa shape index (κ3) is 7.20. The summed E-state index contributed by atoms with van der Waals surface area (Å²) >= 11 is 0. The van der Waals surface area contributed by atoms with E-state index in [1.54, 1.807) is 51.2 Å². The molecule has 2 aromatic rings. The van der Waals surface area contributed by atoms with Crippen molar-refractivity contribution in [3.8, 4) is 5.88 Å². The Bertz CT molecular complexity index is 944. The largest absolute Gasteiger partial charge is 0.481 e. The summed E-state index contributed by atoms with van der Waals surface area (Å²) in [4.78, 5) is 29.9. The van der Waals surface area contributed by atoms with Gasteiger partial charge in [0, 0.05) is 18.0 Å². The van der Waals surface area contributed by atoms with E-state index in [1.165, 1.54) is 0 Å². The summed E-state index contributed by atoms with van der Waals surface area (Å²) in [5, 5.41) is 10.1. The SMILES string of the molecule is COc1ncccc1Cn1cc(NC(=O)[C@@H](NC(=O)OC(C)(C)C)C2CCC(C)CC2)cn1. The lowest BCUT2D eigenvalue weighted by atomic mass is 9.79. The Labute approximate surface area is 195 Å². The van der Waals surface area contributed by atoms with Crippen molar-refractivity contribution < 1.29 is 19.1 Å². The Hall–Kier alpha value is -3.10. The molecular formula is C24H35N5O4. The summed E-state index contributed by atoms with van der Waals surface area (Å²) in [5.41, 5.74) is 0.797. The van der Waals surface area contributed by atoms with Gasteiger partial charge >= 0.3 is 6.09 Å². The number of hydrogen-bond donors (Lipinski definition) is 2. The molecule has 2 aromatic heterocycles. The Balaban J connectivity index is 1.69. The molecular weight excluding hydrogens is 422 g/mol. The first-order chi connectivity index (χ1) is 15.6. The molecule has 2 heterocycles. The fourth-order valence-corrected chi connectivity index (χ4v) is 4.09. The highest BCUT2D eigenvalue weighted by molar-refractivity contribution is 5.96. The minimum atomic E-state index is -0.672. The second kappa shape index (κ2) is 10.7. The molecule has 0 unspecified atom stereocenters. The highest BCUT2D eigenvalue weighted by Crippen LogP contribution is 2.31. The van der Waals surface area contributed by atoms with E-state index in [0.717, 1.165) is 31.2 Å². The molecule has 1 aliphatic carbocycles. The van der Waals surface area contributed by atoms with Crippen LogP contribution in [-0.4, -0.2) is 45.5 Å². The number of carbonyl (C=O) groups excluding carboxylic acids is 2. The van der Waals surface area contributed by atoms with Crippen LogP contribution in [0, 0.1) is 11.8 Å². The van der Waals surface area contributed by atoms with Gasteiger partial charge in [0.2, 0.25) is 11.8 Å². The molecule has 1 fully saturated rings. The normalized spacial score (nSPS) is 19.4. The number of pyridine rings is 1. The highest BCUT2D eigenvalue weighted by Gasteiger charge is 2.34. The van der Waals surface area contributed by atoms with Crippen LogP contribution >= 0.6 is 0 Å². The number of amides is 2. The van der Waals surface area contributed by atoms with Gasteiger partial charge in [-0.25, -0.2) is 9.78 Å². The van der Waals surface area contributed by atoms with E-state index in [4.69, 9.17) is 9.47 Å². The number of alkyl carbamates (subject to hydrolysis) is 1. The van der Waals surface area contributed by atoms with Gasteiger partial charge in [0.25, 0.3) is 0 Å². The van der Waals surface area contributed by atoms with E-state index in [0.29, 0.717) is 24.0 Å². The lowest BCUT2D eigenvalue weighted by molar-refractivity contribution is -0.119. The Morgan fingerprint density at radius 3 is 2.64 bits per heavy atom. The minimum absolute atomic E-state index is 0.0587. The Morgan fingerprint density at radius 2 is 1.97 bits per heavy atom. The fourth-order valence-electron chi connectivity index (χ4n) is 4.09. The number of nitrogens with one attached hydrogen (secondary N) is 2. The smallest absolute Gasteiger partial charge is 0.408 e. The van der Waals surface area contributed by atoms with E-state index < -0.39 is 17.7 Å². The number of hydrogen-bond acceptors (Lipinski definition) is 6. The predicted octanol–water partition coefficient (Wildman–Crippen LogP) is 3.99. The first-order valence-electron chi connectivity index (χ1n) is 11.5. The highest BCUT2D eigenvalue weighted by atomic mass is 16.6. The zero-order chi connectivity index (χ0) is 24.0. The summed E-state index contributed by atoms with van der Waals surface area (Å²) in [5.74, 6) is 0.961. The first kappa shape index (κ1) is 24.5. The number of methoxy groups -OCH3 is 1. The van der Waals surface area contributed by atoms with Gasteiger partial charge in [-0.05, 0) is 51.5 Å². The van der Waals surface area contributed by atoms with E-state index in [1.807, 2.05) is 12.1 Å². The average Bonchev–Trinajstić information content (AvgIpc) is 3.18. The zero-order valence-electron chi connectivity index (χ0n) is 20.1. The van der Waals surface area contributed by atoms with Crippen molar-refractivity contribution >= 4 is 17.7 Å². The van der Waals surface area contributed by atoms with E-state index in [2.05, 4.69) is 27.6 Å². The van der Waals surface area contributed by atoms with Gasteiger partial charge < -0.3 is 20.1 Å². The van der Waals surface area contributed by atoms with Crippen LogP contribution in [0.2, 0.25) is 0 Å². The van der Waals surface area contributed by atoms with E-state index >= 15 is 0 Å². The van der Waals surface area contributed by atoms with Crippen molar-refractivity contribution in [1.29, 1.82) is 0 Å². The fraction of sp³-hybridized carbons (Fsp3) is 0.583. The number of nitrogens with zero attached hydrogens (tertiary/aromatic N) is 3. The van der Waals surface area contributed by atoms with Gasteiger partial charge in [-0.1, -0.05) is 25.8 Å². The second-order valence-electron chi connectivity index (χ2n) is 9.73. The number of ether oxygens (including phenoxy) is 2. The topological polar surface area (TPSA) is 107 Å². The van der Waals surface area contributed by atoms with E-state index in [-0.39, 0.29) is 11.8 Å². The van der Waals surface area contributed by atoms with Gasteiger partial charge in [-0.15, -0.1) is 0 Å². The first-order valence-corrected chi connectivity index (χ1v) is 11.5.